The first kappa shape index (κ1) is 14.6. The maximum Gasteiger partial charge on any atom is 0.0947 e. The lowest BCUT2D eigenvalue weighted by atomic mass is 9.77. The zero-order valence-electron chi connectivity index (χ0n) is 12.2. The first-order valence-electron chi connectivity index (χ1n) is 7.56. The van der Waals surface area contributed by atoms with Gasteiger partial charge in [-0.3, -0.25) is 0 Å². The van der Waals surface area contributed by atoms with Gasteiger partial charge in [-0.15, -0.1) is 0 Å². The molecule has 1 aliphatic rings. The van der Waals surface area contributed by atoms with E-state index in [9.17, 15) is 5.11 Å². The molecule has 0 aromatic carbocycles. The number of hydrogen-bond donors (Lipinski definition) is 1. The van der Waals surface area contributed by atoms with Crippen LogP contribution in [-0.4, -0.2) is 29.7 Å². The fraction of sp³-hybridized carbons (Fsp3) is 0.750. The summed E-state index contributed by atoms with van der Waals surface area (Å²) in [5.41, 5.74) is 1.21. The lowest BCUT2D eigenvalue weighted by Crippen LogP contribution is -2.37. The molecule has 0 spiro atoms. The van der Waals surface area contributed by atoms with Crippen LogP contribution in [0, 0.1) is 11.8 Å². The van der Waals surface area contributed by atoms with Crippen molar-refractivity contribution in [2.75, 3.05) is 13.6 Å². The second-order valence-electron chi connectivity index (χ2n) is 6.12. The summed E-state index contributed by atoms with van der Waals surface area (Å²) in [5.74, 6) is 1.25. The molecular weight excluding hydrogens is 238 g/mol. The SMILES string of the molecule is CCCC1CCC(O)C(CN(C)Cc2ccoc2)C1. The number of hydrogen-bond acceptors (Lipinski definition) is 3. The summed E-state index contributed by atoms with van der Waals surface area (Å²) in [6.45, 7) is 4.13. The van der Waals surface area contributed by atoms with Crippen molar-refractivity contribution in [1.29, 1.82) is 0 Å². The Hall–Kier alpha value is -0.800. The van der Waals surface area contributed by atoms with Crippen LogP contribution in [0.2, 0.25) is 0 Å². The molecular formula is C16H27NO2. The summed E-state index contributed by atoms with van der Waals surface area (Å²) in [6.07, 6.45) is 9.35. The van der Waals surface area contributed by atoms with Gasteiger partial charge in [-0.2, -0.15) is 0 Å². The number of aliphatic hydroxyl groups is 1. The van der Waals surface area contributed by atoms with E-state index in [0.29, 0.717) is 5.92 Å². The first-order chi connectivity index (χ1) is 9.19. The number of furan rings is 1. The van der Waals surface area contributed by atoms with Crippen molar-refractivity contribution in [3.63, 3.8) is 0 Å². The molecule has 19 heavy (non-hydrogen) atoms. The molecule has 0 amide bonds. The van der Waals surface area contributed by atoms with Crippen LogP contribution in [0.25, 0.3) is 0 Å². The number of aliphatic hydroxyl groups excluding tert-OH is 1. The molecule has 3 atom stereocenters. The van der Waals surface area contributed by atoms with Crippen molar-refractivity contribution in [2.24, 2.45) is 11.8 Å². The van der Waals surface area contributed by atoms with Gasteiger partial charge >= 0.3 is 0 Å². The molecule has 2 rings (SSSR count). The Morgan fingerprint density at radius 2 is 2.26 bits per heavy atom. The van der Waals surface area contributed by atoms with Gasteiger partial charge in [0.1, 0.15) is 0 Å². The van der Waals surface area contributed by atoms with Gasteiger partial charge in [0.25, 0.3) is 0 Å². The zero-order chi connectivity index (χ0) is 13.7. The highest BCUT2D eigenvalue weighted by atomic mass is 16.3. The quantitative estimate of drug-likeness (QED) is 0.857. The van der Waals surface area contributed by atoms with Gasteiger partial charge in [-0.1, -0.05) is 19.8 Å². The van der Waals surface area contributed by atoms with Crippen LogP contribution in [-0.2, 0) is 6.54 Å². The van der Waals surface area contributed by atoms with E-state index in [4.69, 9.17) is 4.42 Å². The average molecular weight is 265 g/mol. The van der Waals surface area contributed by atoms with Crippen molar-refractivity contribution < 1.29 is 9.52 Å². The van der Waals surface area contributed by atoms with E-state index in [2.05, 4.69) is 18.9 Å². The van der Waals surface area contributed by atoms with Crippen LogP contribution in [0.5, 0.6) is 0 Å². The molecule has 1 fully saturated rings. The van der Waals surface area contributed by atoms with Crippen LogP contribution in [0.4, 0.5) is 0 Å². The first-order valence-corrected chi connectivity index (χ1v) is 7.56. The summed E-state index contributed by atoms with van der Waals surface area (Å²) in [4.78, 5) is 2.30. The van der Waals surface area contributed by atoms with E-state index in [0.717, 1.165) is 25.4 Å². The lowest BCUT2D eigenvalue weighted by Gasteiger charge is -2.35. The van der Waals surface area contributed by atoms with Crippen molar-refractivity contribution in [1.82, 2.24) is 4.90 Å². The summed E-state index contributed by atoms with van der Waals surface area (Å²) in [6, 6.07) is 2.01. The highest BCUT2D eigenvalue weighted by Gasteiger charge is 2.29. The van der Waals surface area contributed by atoms with Crippen LogP contribution in [0.3, 0.4) is 0 Å². The van der Waals surface area contributed by atoms with E-state index in [1.807, 2.05) is 6.07 Å². The van der Waals surface area contributed by atoms with E-state index in [1.165, 1.54) is 31.2 Å². The van der Waals surface area contributed by atoms with E-state index >= 15 is 0 Å². The van der Waals surface area contributed by atoms with Crippen LogP contribution in [0.1, 0.15) is 44.6 Å². The fourth-order valence-electron chi connectivity index (χ4n) is 3.37. The largest absolute Gasteiger partial charge is 0.472 e. The number of rotatable bonds is 6. The smallest absolute Gasteiger partial charge is 0.0947 e. The minimum absolute atomic E-state index is 0.111. The van der Waals surface area contributed by atoms with Gasteiger partial charge in [0.15, 0.2) is 0 Å². The molecule has 1 aromatic heterocycles. The Balaban J connectivity index is 1.82. The third kappa shape index (κ3) is 4.36. The summed E-state index contributed by atoms with van der Waals surface area (Å²) >= 11 is 0. The molecule has 1 aliphatic carbocycles. The molecule has 1 N–H and O–H groups in total. The minimum atomic E-state index is -0.111. The maximum absolute atomic E-state index is 10.2. The molecule has 1 aromatic rings. The van der Waals surface area contributed by atoms with Gasteiger partial charge in [0.05, 0.1) is 18.6 Å². The van der Waals surface area contributed by atoms with Crippen molar-refractivity contribution in [2.45, 2.75) is 51.7 Å². The molecule has 0 aliphatic heterocycles. The summed E-state index contributed by atoms with van der Waals surface area (Å²) in [7, 11) is 2.13. The molecule has 3 nitrogen and oxygen atoms in total. The van der Waals surface area contributed by atoms with Gasteiger partial charge in [-0.25, -0.2) is 0 Å². The molecule has 0 saturated heterocycles. The highest BCUT2D eigenvalue weighted by molar-refractivity contribution is 5.04. The van der Waals surface area contributed by atoms with Crippen LogP contribution >= 0.6 is 0 Å². The Bertz CT molecular complexity index is 350. The van der Waals surface area contributed by atoms with E-state index in [-0.39, 0.29) is 6.10 Å². The third-order valence-electron chi connectivity index (χ3n) is 4.33. The van der Waals surface area contributed by atoms with Crippen molar-refractivity contribution >= 4 is 0 Å². The Kier molecular flexibility index (Phi) is 5.46. The molecule has 0 radical (unpaired) electrons. The predicted octanol–water partition coefficient (Wildman–Crippen LogP) is 3.29. The van der Waals surface area contributed by atoms with Gasteiger partial charge in [-0.05, 0) is 44.2 Å². The molecule has 0 bridgehead atoms. The Morgan fingerprint density at radius 1 is 1.42 bits per heavy atom. The normalized spacial score (nSPS) is 27.9. The zero-order valence-corrected chi connectivity index (χ0v) is 12.2. The fourth-order valence-corrected chi connectivity index (χ4v) is 3.37. The number of nitrogens with zero attached hydrogens (tertiary/aromatic N) is 1. The lowest BCUT2D eigenvalue weighted by molar-refractivity contribution is 0.0288. The van der Waals surface area contributed by atoms with Crippen LogP contribution in [0.15, 0.2) is 23.0 Å². The molecule has 3 unspecified atom stereocenters. The summed E-state index contributed by atoms with van der Waals surface area (Å²) in [5, 5.41) is 10.2. The summed E-state index contributed by atoms with van der Waals surface area (Å²) < 4.78 is 5.10. The Labute approximate surface area is 116 Å². The molecule has 108 valence electrons. The van der Waals surface area contributed by atoms with Gasteiger partial charge in [0.2, 0.25) is 0 Å². The van der Waals surface area contributed by atoms with E-state index in [1.54, 1.807) is 12.5 Å². The third-order valence-corrected chi connectivity index (χ3v) is 4.33. The van der Waals surface area contributed by atoms with Crippen molar-refractivity contribution in [3.05, 3.63) is 24.2 Å². The van der Waals surface area contributed by atoms with E-state index < -0.39 is 0 Å². The predicted molar refractivity (Wildman–Crippen MR) is 76.8 cm³/mol. The Morgan fingerprint density at radius 3 is 2.95 bits per heavy atom. The highest BCUT2D eigenvalue weighted by Crippen LogP contribution is 2.32. The van der Waals surface area contributed by atoms with Crippen LogP contribution < -0.4 is 0 Å². The second kappa shape index (κ2) is 7.11. The molecule has 3 heteroatoms. The maximum atomic E-state index is 10.2. The monoisotopic (exact) mass is 265 g/mol. The molecule has 1 heterocycles. The standard InChI is InChI=1S/C16H27NO2/c1-3-4-13-5-6-16(18)15(9-13)11-17(2)10-14-7-8-19-12-14/h7-8,12-13,15-16,18H,3-6,9-11H2,1-2H3. The minimum Gasteiger partial charge on any atom is -0.472 e. The average Bonchev–Trinajstić information content (AvgIpc) is 2.86. The molecule has 1 saturated carbocycles. The van der Waals surface area contributed by atoms with Gasteiger partial charge in [0, 0.05) is 18.7 Å². The van der Waals surface area contributed by atoms with Gasteiger partial charge < -0.3 is 14.4 Å². The van der Waals surface area contributed by atoms with Crippen molar-refractivity contribution in [3.8, 4) is 0 Å². The second-order valence-corrected chi connectivity index (χ2v) is 6.12. The topological polar surface area (TPSA) is 36.6 Å².